The van der Waals surface area contributed by atoms with E-state index >= 15 is 0 Å². The third-order valence-corrected chi connectivity index (χ3v) is 11.5. The molecule has 0 radical (unpaired) electrons. The second kappa shape index (κ2) is 8.76. The van der Waals surface area contributed by atoms with Crippen molar-refractivity contribution in [3.63, 3.8) is 0 Å². The molecule has 2 aromatic carbocycles. The average Bonchev–Trinajstić information content (AvgIpc) is 3.19. The van der Waals surface area contributed by atoms with Crippen molar-refractivity contribution in [3.8, 4) is 0 Å². The van der Waals surface area contributed by atoms with Gasteiger partial charge in [-0.25, -0.2) is 26.5 Å². The first-order chi connectivity index (χ1) is 15.6. The zero-order valence-electron chi connectivity index (χ0n) is 17.4. The predicted octanol–water partition coefficient (Wildman–Crippen LogP) is 4.13. The van der Waals surface area contributed by atoms with E-state index in [0.717, 1.165) is 37.9 Å². The maximum Gasteiger partial charge on any atom is 0.240 e. The first kappa shape index (κ1) is 23.5. The fourth-order valence-corrected chi connectivity index (χ4v) is 9.17. The summed E-state index contributed by atoms with van der Waals surface area (Å²) in [6.07, 6.45) is 1.81. The van der Waals surface area contributed by atoms with Crippen LogP contribution in [0.15, 0.2) is 39.7 Å². The van der Waals surface area contributed by atoms with Crippen LogP contribution in [0.5, 0.6) is 0 Å². The summed E-state index contributed by atoms with van der Waals surface area (Å²) in [6, 6.07) is 8.10. The smallest absolute Gasteiger partial charge is 0.240 e. The number of thiazole rings is 1. The van der Waals surface area contributed by atoms with E-state index in [-0.39, 0.29) is 16.4 Å². The highest BCUT2D eigenvalue weighted by Crippen LogP contribution is 2.37. The zero-order chi connectivity index (χ0) is 23.4. The van der Waals surface area contributed by atoms with Crippen LogP contribution in [-0.4, -0.2) is 45.9 Å². The lowest BCUT2D eigenvalue weighted by Crippen LogP contribution is -2.43. The van der Waals surface area contributed by atoms with Gasteiger partial charge in [-0.2, -0.15) is 0 Å². The third kappa shape index (κ3) is 4.81. The van der Waals surface area contributed by atoms with E-state index in [4.69, 9.17) is 16.6 Å². The highest BCUT2D eigenvalue weighted by atomic mass is 79.9. The second-order valence-electron chi connectivity index (χ2n) is 8.36. The fraction of sp³-hybridized carbons (Fsp3) is 0.381. The number of nitrogens with zero attached hydrogens (tertiary/aromatic N) is 2. The summed E-state index contributed by atoms with van der Waals surface area (Å²) in [5.74, 6) is -0.0492. The maximum absolute atomic E-state index is 12.9. The maximum atomic E-state index is 12.9. The Kier molecular flexibility index (Phi) is 6.24. The van der Waals surface area contributed by atoms with Crippen LogP contribution in [-0.2, 0) is 32.8 Å². The molecule has 5 rings (SSSR count). The van der Waals surface area contributed by atoms with Crippen molar-refractivity contribution in [1.82, 2.24) is 9.71 Å². The van der Waals surface area contributed by atoms with Crippen LogP contribution in [0.1, 0.15) is 24.0 Å². The van der Waals surface area contributed by atoms with E-state index < -0.39 is 25.9 Å². The minimum atomic E-state index is -3.85. The molecule has 33 heavy (non-hydrogen) atoms. The summed E-state index contributed by atoms with van der Waals surface area (Å²) in [5.41, 5.74) is 2.88. The molecule has 2 aliphatic rings. The molecule has 1 atom stereocenters. The number of aromatic nitrogens is 1. The van der Waals surface area contributed by atoms with Crippen LogP contribution in [0.2, 0.25) is 5.02 Å². The van der Waals surface area contributed by atoms with Crippen molar-refractivity contribution >= 4 is 74.1 Å². The molecule has 1 saturated heterocycles. The van der Waals surface area contributed by atoms with Gasteiger partial charge in [-0.3, -0.25) is 0 Å². The molecule has 2 aliphatic heterocycles. The van der Waals surface area contributed by atoms with E-state index in [1.54, 1.807) is 18.2 Å². The number of benzene rings is 2. The zero-order valence-corrected chi connectivity index (χ0v) is 22.2. The molecular weight excluding hydrogens is 570 g/mol. The molecule has 1 N–H and O–H groups in total. The van der Waals surface area contributed by atoms with Gasteiger partial charge in [-0.05, 0) is 60.7 Å². The molecular formula is C21H21BrClN3O4S3. The lowest BCUT2D eigenvalue weighted by Gasteiger charge is -2.29. The van der Waals surface area contributed by atoms with Gasteiger partial charge in [0.05, 0.1) is 26.6 Å². The molecule has 176 valence electrons. The standard InChI is InChI=1S/C21H21BrClN3O4S3/c22-17-4-5-18(23)16-11-26(8-7-15(16)17)21-24-19-10-14(3-6-20(19)31-21)33(29,30)25-13-2-1-9-32(27,28)12-13/h3-6,10,13,25H,1-2,7-9,11-12H2. The average molecular weight is 591 g/mol. The van der Waals surface area contributed by atoms with E-state index in [0.29, 0.717) is 24.9 Å². The van der Waals surface area contributed by atoms with Gasteiger partial charge in [-0.1, -0.05) is 38.9 Å². The number of rotatable bonds is 4. The molecule has 0 bridgehead atoms. The molecule has 12 heteroatoms. The molecule has 1 fully saturated rings. The SMILES string of the molecule is O=S1(=O)CCCC(NS(=O)(=O)c2ccc3sc(N4CCc5c(Br)ccc(Cl)c5C4)nc3c2)C1. The second-order valence-corrected chi connectivity index (χ2v) is 14.6. The van der Waals surface area contributed by atoms with Gasteiger partial charge in [0.15, 0.2) is 15.0 Å². The van der Waals surface area contributed by atoms with E-state index in [9.17, 15) is 16.8 Å². The number of sulfone groups is 1. The van der Waals surface area contributed by atoms with Crippen molar-refractivity contribution in [2.24, 2.45) is 0 Å². The molecule has 1 unspecified atom stereocenters. The normalized spacial score (nSPS) is 20.7. The van der Waals surface area contributed by atoms with Gasteiger partial charge < -0.3 is 4.90 Å². The van der Waals surface area contributed by atoms with Crippen molar-refractivity contribution in [3.05, 3.63) is 51.0 Å². The predicted molar refractivity (Wildman–Crippen MR) is 136 cm³/mol. The lowest BCUT2D eigenvalue weighted by atomic mass is 10.0. The van der Waals surface area contributed by atoms with Crippen molar-refractivity contribution in [2.75, 3.05) is 23.0 Å². The van der Waals surface area contributed by atoms with Gasteiger partial charge >= 0.3 is 0 Å². The van der Waals surface area contributed by atoms with Crippen molar-refractivity contribution in [2.45, 2.75) is 36.7 Å². The molecule has 0 spiro atoms. The molecule has 1 aromatic heterocycles. The number of hydrogen-bond acceptors (Lipinski definition) is 7. The Morgan fingerprint density at radius 1 is 1.21 bits per heavy atom. The third-order valence-electron chi connectivity index (χ3n) is 6.01. The number of nitrogens with one attached hydrogen (secondary N) is 1. The van der Waals surface area contributed by atoms with Crippen LogP contribution in [0.25, 0.3) is 10.2 Å². The molecule has 3 aromatic rings. The number of halogens is 2. The number of anilines is 1. The largest absolute Gasteiger partial charge is 0.343 e. The Hall–Kier alpha value is -1.24. The van der Waals surface area contributed by atoms with Gasteiger partial charge in [-0.15, -0.1) is 0 Å². The number of fused-ring (bicyclic) bond motifs is 2. The Morgan fingerprint density at radius 3 is 2.82 bits per heavy atom. The summed E-state index contributed by atoms with van der Waals surface area (Å²) >= 11 is 11.5. The van der Waals surface area contributed by atoms with Gasteiger partial charge in [0, 0.05) is 28.6 Å². The van der Waals surface area contributed by atoms with Crippen molar-refractivity contribution in [1.29, 1.82) is 0 Å². The van der Waals surface area contributed by atoms with Gasteiger partial charge in [0.1, 0.15) is 0 Å². The Labute approximate surface area is 210 Å². The fourth-order valence-electron chi connectivity index (χ4n) is 4.36. The topological polar surface area (TPSA) is 96.4 Å². The van der Waals surface area contributed by atoms with Crippen molar-refractivity contribution < 1.29 is 16.8 Å². The van der Waals surface area contributed by atoms with Gasteiger partial charge in [0.25, 0.3) is 0 Å². The highest BCUT2D eigenvalue weighted by Gasteiger charge is 2.29. The van der Waals surface area contributed by atoms with E-state index in [1.165, 1.54) is 16.9 Å². The summed E-state index contributed by atoms with van der Waals surface area (Å²) in [7, 11) is -7.07. The van der Waals surface area contributed by atoms with Crippen LogP contribution < -0.4 is 9.62 Å². The monoisotopic (exact) mass is 589 g/mol. The van der Waals surface area contributed by atoms with E-state index in [2.05, 4.69) is 25.6 Å². The molecule has 0 saturated carbocycles. The van der Waals surface area contributed by atoms with Crippen LogP contribution in [0.4, 0.5) is 5.13 Å². The number of sulfonamides is 1. The molecule has 7 nitrogen and oxygen atoms in total. The molecule has 3 heterocycles. The minimum absolute atomic E-state index is 0.0887. The molecule has 0 amide bonds. The lowest BCUT2D eigenvalue weighted by molar-refractivity contribution is 0.517. The van der Waals surface area contributed by atoms with Crippen LogP contribution in [0, 0.1) is 0 Å². The Bertz CT molecular complexity index is 1460. The Morgan fingerprint density at radius 2 is 2.03 bits per heavy atom. The molecule has 0 aliphatic carbocycles. The number of hydrogen-bond donors (Lipinski definition) is 1. The van der Waals surface area contributed by atoms with E-state index in [1.807, 2.05) is 12.1 Å². The van der Waals surface area contributed by atoms with Crippen LogP contribution >= 0.6 is 38.9 Å². The Balaban J connectivity index is 1.39. The first-order valence-electron chi connectivity index (χ1n) is 10.5. The summed E-state index contributed by atoms with van der Waals surface area (Å²) in [6.45, 7) is 1.42. The quantitative estimate of drug-likeness (QED) is 0.491. The first-order valence-corrected chi connectivity index (χ1v) is 15.7. The minimum Gasteiger partial charge on any atom is -0.343 e. The summed E-state index contributed by atoms with van der Waals surface area (Å²) in [4.78, 5) is 6.95. The van der Waals surface area contributed by atoms with Gasteiger partial charge in [0.2, 0.25) is 10.0 Å². The summed E-state index contributed by atoms with van der Waals surface area (Å²) in [5, 5.41) is 1.54. The highest BCUT2D eigenvalue weighted by molar-refractivity contribution is 9.10. The van der Waals surface area contributed by atoms with Crippen LogP contribution in [0.3, 0.4) is 0 Å². The summed E-state index contributed by atoms with van der Waals surface area (Å²) < 4.78 is 54.1.